The van der Waals surface area contributed by atoms with Crippen LogP contribution < -0.4 is 9.04 Å². The van der Waals surface area contributed by atoms with Crippen LogP contribution in [0.3, 0.4) is 0 Å². The van der Waals surface area contributed by atoms with Crippen LogP contribution in [-0.4, -0.2) is 36.7 Å². The first kappa shape index (κ1) is 21.3. The summed E-state index contributed by atoms with van der Waals surface area (Å²) in [5.74, 6) is -0.823. The first-order valence-corrected chi connectivity index (χ1v) is 10.3. The maximum absolute atomic E-state index is 13.6. The maximum atomic E-state index is 13.6. The van der Waals surface area contributed by atoms with Gasteiger partial charge in [-0.15, -0.1) is 0 Å². The van der Waals surface area contributed by atoms with Crippen LogP contribution in [0.15, 0.2) is 71.9 Å². The van der Waals surface area contributed by atoms with Gasteiger partial charge in [-0.2, -0.15) is 0 Å². The molecule has 0 fully saturated rings. The lowest BCUT2D eigenvalue weighted by atomic mass is 10.1. The summed E-state index contributed by atoms with van der Waals surface area (Å²) in [5.41, 5.74) is 0.407. The zero-order valence-electron chi connectivity index (χ0n) is 16.1. The molecule has 3 aromatic rings. The molecule has 1 heterocycles. The highest BCUT2D eigenvalue weighted by Crippen LogP contribution is 2.33. The minimum Gasteiger partial charge on any atom is -0.497 e. The van der Waals surface area contributed by atoms with Gasteiger partial charge in [-0.25, -0.2) is 13.2 Å². The third kappa shape index (κ3) is 4.27. The number of sulfonamides is 1. The molecule has 0 amide bonds. The lowest BCUT2D eigenvalue weighted by molar-refractivity contribution is 0.0697. The van der Waals surface area contributed by atoms with Crippen LogP contribution in [0.25, 0.3) is 0 Å². The summed E-state index contributed by atoms with van der Waals surface area (Å²) < 4.78 is 33.2. The molecule has 0 saturated heterocycles. The normalized spacial score (nSPS) is 11.1. The number of aliphatic hydroxyl groups excluding tert-OH is 1. The molecule has 0 unspecified atom stereocenters. The molecule has 3 rings (SSSR count). The number of carboxylic acid groups (broad SMARTS) is 1. The van der Waals surface area contributed by atoms with Crippen molar-refractivity contribution in [2.45, 2.75) is 18.0 Å². The monoisotopic (exact) mass is 428 g/mol. The molecule has 0 bridgehead atoms. The summed E-state index contributed by atoms with van der Waals surface area (Å²) in [4.78, 5) is 15.8. The molecule has 156 valence electrons. The number of ether oxygens (including phenoxy) is 1. The van der Waals surface area contributed by atoms with Crippen molar-refractivity contribution in [3.63, 3.8) is 0 Å². The van der Waals surface area contributed by atoms with Gasteiger partial charge in [-0.3, -0.25) is 9.29 Å². The van der Waals surface area contributed by atoms with Crippen molar-refractivity contribution in [2.24, 2.45) is 0 Å². The zero-order valence-corrected chi connectivity index (χ0v) is 16.9. The highest BCUT2D eigenvalue weighted by molar-refractivity contribution is 7.92. The Labute approximate surface area is 174 Å². The van der Waals surface area contributed by atoms with E-state index in [2.05, 4.69) is 4.98 Å². The van der Waals surface area contributed by atoms with Crippen molar-refractivity contribution in [1.29, 1.82) is 0 Å². The SMILES string of the molecule is COc1ccc(S(=O)(=O)N(Cc2cccnc2)c2c(CO)cccc2C(=O)O)cc1. The van der Waals surface area contributed by atoms with E-state index >= 15 is 0 Å². The van der Waals surface area contributed by atoms with Crippen molar-refractivity contribution in [2.75, 3.05) is 11.4 Å². The van der Waals surface area contributed by atoms with Gasteiger partial charge in [0, 0.05) is 18.0 Å². The smallest absolute Gasteiger partial charge is 0.337 e. The third-order valence-electron chi connectivity index (χ3n) is 4.47. The number of aromatic nitrogens is 1. The Kier molecular flexibility index (Phi) is 6.34. The molecule has 8 nitrogen and oxygen atoms in total. The minimum absolute atomic E-state index is 0.0451. The molecular formula is C21H20N2O6S. The van der Waals surface area contributed by atoms with Crippen molar-refractivity contribution in [3.05, 3.63) is 83.7 Å². The van der Waals surface area contributed by atoms with Crippen LogP contribution in [-0.2, 0) is 23.2 Å². The fourth-order valence-electron chi connectivity index (χ4n) is 3.00. The Morgan fingerprint density at radius 2 is 1.83 bits per heavy atom. The van der Waals surface area contributed by atoms with E-state index in [1.165, 1.54) is 55.8 Å². The number of nitrogens with zero attached hydrogens (tertiary/aromatic N) is 2. The molecule has 0 saturated carbocycles. The number of carboxylic acids is 1. The van der Waals surface area contributed by atoms with Crippen molar-refractivity contribution in [3.8, 4) is 5.75 Å². The van der Waals surface area contributed by atoms with E-state index in [1.807, 2.05) is 0 Å². The number of para-hydroxylation sites is 1. The Morgan fingerprint density at radius 3 is 2.40 bits per heavy atom. The number of rotatable bonds is 8. The van der Waals surface area contributed by atoms with Crippen LogP contribution in [0.1, 0.15) is 21.5 Å². The molecule has 9 heteroatoms. The second-order valence-electron chi connectivity index (χ2n) is 6.33. The number of pyridine rings is 1. The van der Waals surface area contributed by atoms with E-state index in [4.69, 9.17) is 4.74 Å². The lowest BCUT2D eigenvalue weighted by Crippen LogP contribution is -2.33. The molecule has 0 radical (unpaired) electrons. The van der Waals surface area contributed by atoms with Gasteiger partial charge in [-0.1, -0.05) is 18.2 Å². The summed E-state index contributed by atoms with van der Waals surface area (Å²) >= 11 is 0. The number of aliphatic hydroxyl groups is 1. The first-order valence-electron chi connectivity index (χ1n) is 8.90. The highest BCUT2D eigenvalue weighted by Gasteiger charge is 2.30. The van der Waals surface area contributed by atoms with Crippen LogP contribution in [0, 0.1) is 0 Å². The van der Waals surface area contributed by atoms with Gasteiger partial charge < -0.3 is 14.9 Å². The van der Waals surface area contributed by atoms with E-state index in [0.717, 1.165) is 4.31 Å². The van der Waals surface area contributed by atoms with Crippen LogP contribution >= 0.6 is 0 Å². The van der Waals surface area contributed by atoms with Gasteiger partial charge in [0.1, 0.15) is 5.75 Å². The van der Waals surface area contributed by atoms with Gasteiger partial charge in [0.15, 0.2) is 0 Å². The van der Waals surface area contributed by atoms with E-state index in [9.17, 15) is 23.4 Å². The van der Waals surface area contributed by atoms with E-state index in [-0.39, 0.29) is 28.3 Å². The molecular weight excluding hydrogens is 408 g/mol. The topological polar surface area (TPSA) is 117 Å². The number of hydrogen-bond acceptors (Lipinski definition) is 6. The summed E-state index contributed by atoms with van der Waals surface area (Å²) in [7, 11) is -2.72. The molecule has 0 aliphatic rings. The fraction of sp³-hybridized carbons (Fsp3) is 0.143. The average Bonchev–Trinajstić information content (AvgIpc) is 2.77. The molecule has 2 N–H and O–H groups in total. The predicted molar refractivity (Wildman–Crippen MR) is 110 cm³/mol. The van der Waals surface area contributed by atoms with Crippen LogP contribution in [0.4, 0.5) is 5.69 Å². The number of carbonyl (C=O) groups is 1. The van der Waals surface area contributed by atoms with E-state index < -0.39 is 22.6 Å². The number of methoxy groups -OCH3 is 1. The summed E-state index contributed by atoms with van der Waals surface area (Å²) in [5, 5.41) is 19.5. The molecule has 0 aliphatic carbocycles. The van der Waals surface area contributed by atoms with Gasteiger partial charge in [0.25, 0.3) is 10.0 Å². The largest absolute Gasteiger partial charge is 0.497 e. The number of benzene rings is 2. The molecule has 2 aromatic carbocycles. The second kappa shape index (κ2) is 8.93. The Bertz CT molecular complexity index is 1130. The second-order valence-corrected chi connectivity index (χ2v) is 8.19. The molecule has 0 spiro atoms. The Hall–Kier alpha value is -3.43. The molecule has 0 atom stereocenters. The predicted octanol–water partition coefficient (Wildman–Crippen LogP) is 2.68. The number of hydrogen-bond donors (Lipinski definition) is 2. The van der Waals surface area contributed by atoms with E-state index in [1.54, 1.807) is 18.3 Å². The maximum Gasteiger partial charge on any atom is 0.337 e. The van der Waals surface area contributed by atoms with Gasteiger partial charge in [0.2, 0.25) is 0 Å². The molecule has 30 heavy (non-hydrogen) atoms. The number of anilines is 1. The molecule has 0 aliphatic heterocycles. The minimum atomic E-state index is -4.19. The van der Waals surface area contributed by atoms with E-state index in [0.29, 0.717) is 11.3 Å². The summed E-state index contributed by atoms with van der Waals surface area (Å²) in [6.45, 7) is -0.697. The van der Waals surface area contributed by atoms with Crippen LogP contribution in [0.2, 0.25) is 0 Å². The first-order chi connectivity index (χ1) is 14.4. The van der Waals surface area contributed by atoms with Gasteiger partial charge in [0.05, 0.1) is 36.4 Å². The van der Waals surface area contributed by atoms with Crippen molar-refractivity contribution >= 4 is 21.7 Å². The third-order valence-corrected chi connectivity index (χ3v) is 6.23. The highest BCUT2D eigenvalue weighted by atomic mass is 32.2. The molecule has 1 aromatic heterocycles. The van der Waals surface area contributed by atoms with Crippen molar-refractivity contribution < 1.29 is 28.2 Å². The lowest BCUT2D eigenvalue weighted by Gasteiger charge is -2.28. The fourth-order valence-corrected chi connectivity index (χ4v) is 4.51. The van der Waals surface area contributed by atoms with Crippen LogP contribution in [0.5, 0.6) is 5.75 Å². The standard InChI is InChI=1S/C21H20N2O6S/c1-29-17-7-9-18(10-8-17)30(27,28)23(13-15-4-3-11-22-12-15)20-16(14-24)5-2-6-19(20)21(25)26/h2-12,24H,13-14H2,1H3,(H,25,26). The van der Waals surface area contributed by atoms with Gasteiger partial charge >= 0.3 is 5.97 Å². The number of aromatic carboxylic acids is 1. The Balaban J connectivity index is 2.23. The van der Waals surface area contributed by atoms with Gasteiger partial charge in [-0.05, 0) is 42.0 Å². The summed E-state index contributed by atoms with van der Waals surface area (Å²) in [6.07, 6.45) is 3.05. The summed E-state index contributed by atoms with van der Waals surface area (Å²) in [6, 6.07) is 13.4. The quantitative estimate of drug-likeness (QED) is 0.566. The zero-order chi connectivity index (χ0) is 21.7. The van der Waals surface area contributed by atoms with Crippen molar-refractivity contribution in [1.82, 2.24) is 4.98 Å². The Morgan fingerprint density at radius 1 is 1.10 bits per heavy atom. The average molecular weight is 428 g/mol.